The van der Waals surface area contributed by atoms with Crippen molar-refractivity contribution < 1.29 is 54.5 Å². The van der Waals surface area contributed by atoms with Crippen LogP contribution in [-0.2, 0) is 28.4 Å². The first-order valence-corrected chi connectivity index (χ1v) is 17.2. The molecular weight excluding hydrogens is 676 g/mol. The number of piperidine rings is 2. The van der Waals surface area contributed by atoms with E-state index in [0.717, 1.165) is 10.1 Å². The van der Waals surface area contributed by atoms with Crippen LogP contribution in [0.1, 0.15) is 86.4 Å². The predicted molar refractivity (Wildman–Crippen MR) is 148 cm³/mol. The van der Waals surface area contributed by atoms with Crippen molar-refractivity contribution in [1.29, 1.82) is 0 Å². The second-order valence-corrected chi connectivity index (χ2v) is 14.9. The van der Waals surface area contributed by atoms with Crippen molar-refractivity contribution in [2.45, 2.75) is 74.9 Å². The molecule has 0 aromatic carbocycles. The van der Waals surface area contributed by atoms with E-state index in [1.807, 2.05) is 0 Å². The monoisotopic (exact) mass is 704 g/mol. The van der Waals surface area contributed by atoms with Gasteiger partial charge in [0.25, 0.3) is 11.8 Å². The summed E-state index contributed by atoms with van der Waals surface area (Å²) in [7, 11) is -4.98. The molecule has 2 unspecified atom stereocenters. The van der Waals surface area contributed by atoms with E-state index in [9.17, 15) is 27.6 Å². The summed E-state index contributed by atoms with van der Waals surface area (Å²) in [6, 6.07) is -3.98. The second kappa shape index (κ2) is 9.68. The Balaban J connectivity index is 0.858. The van der Waals surface area contributed by atoms with Crippen LogP contribution in [0.5, 0.6) is 0 Å². The van der Waals surface area contributed by atoms with Crippen LogP contribution in [0.25, 0.3) is 0 Å². The summed E-state index contributed by atoms with van der Waals surface area (Å²) in [6.07, 6.45) is 0.974. The van der Waals surface area contributed by atoms with Gasteiger partial charge in [0.15, 0.2) is 12.2 Å². The molecule has 22 nitrogen and oxygen atoms in total. The van der Waals surface area contributed by atoms with Crippen LogP contribution >= 0.6 is 0 Å². The molecule has 6 aliphatic heterocycles. The first-order valence-electron chi connectivity index (χ1n) is 15.9. The average molecular weight is 705 g/mol. The maximum atomic E-state index is 13.7. The van der Waals surface area contributed by atoms with Gasteiger partial charge in [-0.1, -0.05) is 0 Å². The molecule has 2 aromatic rings. The number of carbonyl (C=O) groups excluding carboxylic acids is 4. The molecule has 10 rings (SSSR count). The first kappa shape index (κ1) is 29.2. The van der Waals surface area contributed by atoms with Crippen molar-refractivity contribution in [3.8, 4) is 0 Å². The fraction of sp³-hybridized carbons (Fsp3) is 0.692. The maximum absolute atomic E-state index is 13.7. The van der Waals surface area contributed by atoms with Gasteiger partial charge in [-0.05, 0) is 49.4 Å². The van der Waals surface area contributed by atoms with Crippen molar-refractivity contribution >= 4 is 34.6 Å². The number of rotatable bonds is 8. The minimum Gasteiger partial charge on any atom is -0.434 e. The lowest BCUT2D eigenvalue weighted by molar-refractivity contribution is -0.101. The Labute approximate surface area is 275 Å². The van der Waals surface area contributed by atoms with Crippen molar-refractivity contribution in [2.24, 2.45) is 10.8 Å². The molecule has 6 atom stereocenters. The molecule has 2 N–H and O–H groups in total. The van der Waals surface area contributed by atoms with E-state index >= 15 is 0 Å². The number of fused-ring (bicyclic) bond motifs is 6. The van der Waals surface area contributed by atoms with Gasteiger partial charge in [0.1, 0.15) is 12.1 Å². The molecule has 8 aliphatic rings. The van der Waals surface area contributed by atoms with E-state index in [-0.39, 0.29) is 49.7 Å². The Morgan fingerprint density at radius 3 is 1.43 bits per heavy atom. The molecule has 8 fully saturated rings. The molecule has 4 bridgehead atoms. The van der Waals surface area contributed by atoms with E-state index in [4.69, 9.17) is 26.9 Å². The summed E-state index contributed by atoms with van der Waals surface area (Å²) >= 11 is 0. The van der Waals surface area contributed by atoms with Gasteiger partial charge >= 0.3 is 34.6 Å². The maximum Gasteiger partial charge on any atom is 0.442 e. The highest BCUT2D eigenvalue weighted by Gasteiger charge is 2.67. The largest absolute Gasteiger partial charge is 0.442 e. The summed E-state index contributed by atoms with van der Waals surface area (Å²) in [5, 5.41) is 22.9. The third-order valence-electron chi connectivity index (χ3n) is 11.1. The lowest BCUT2D eigenvalue weighted by atomic mass is 9.85. The van der Waals surface area contributed by atoms with Crippen LogP contribution in [0.3, 0.4) is 0 Å². The van der Waals surface area contributed by atoms with Gasteiger partial charge in [-0.15, -0.1) is 29.0 Å². The smallest absolute Gasteiger partial charge is 0.434 e. The van der Waals surface area contributed by atoms with Crippen LogP contribution < -0.4 is 10.6 Å². The van der Waals surface area contributed by atoms with E-state index in [1.165, 1.54) is 9.80 Å². The number of nitrogens with one attached hydrogen (secondary N) is 2. The summed E-state index contributed by atoms with van der Waals surface area (Å²) in [5.41, 5.74) is -0.905. The fourth-order valence-corrected chi connectivity index (χ4v) is 8.91. The van der Waals surface area contributed by atoms with Crippen molar-refractivity contribution in [3.63, 3.8) is 0 Å². The number of ether oxygens (including phenoxy) is 2. The topological polar surface area (TPSA) is 254 Å². The average Bonchev–Trinajstić information content (AvgIpc) is 3.52. The number of alkyl carbamates (subject to hydrolysis) is 2. The summed E-state index contributed by atoms with van der Waals surface area (Å²) < 4.78 is 59.6. The van der Waals surface area contributed by atoms with Crippen LogP contribution in [0, 0.1) is 10.8 Å². The standard InChI is InChI=1S/C26H28N10O12S/c37-21-27-7-13(43-21)19-31-29-17(45-19)11-5-25(1-2-25)15-9-33(11)23(39)35(15)47-49(41,42)48-36-16-10-34(24(36)40)12(6-26(16)3-4-26)18-30-32-20(46-18)14-8-28-22(38)44-14/h11-16H,1-10H2,(H,27,37)(H,28,38)/t11-,12-,13?,14?,15-,16-/m0/s1. The quantitative estimate of drug-likeness (QED) is 0.379. The molecule has 8 heterocycles. The van der Waals surface area contributed by atoms with Gasteiger partial charge in [0.2, 0.25) is 11.8 Å². The molecule has 0 radical (unpaired) electrons. The van der Waals surface area contributed by atoms with Gasteiger partial charge in [-0.2, -0.15) is 18.5 Å². The highest BCUT2D eigenvalue weighted by molar-refractivity contribution is 7.81. The molecule has 6 amide bonds. The Bertz CT molecular complexity index is 1780. The normalized spacial score (nSPS) is 33.4. The Kier molecular flexibility index (Phi) is 5.76. The van der Waals surface area contributed by atoms with Gasteiger partial charge in [-0.25, -0.2) is 19.2 Å². The molecule has 2 spiro atoms. The summed E-state index contributed by atoms with van der Waals surface area (Å²) in [5.74, 6) is 0.442. The van der Waals surface area contributed by atoms with Gasteiger partial charge in [0.05, 0.1) is 25.2 Å². The minimum atomic E-state index is -4.98. The molecule has 2 aliphatic carbocycles. The molecule has 2 saturated carbocycles. The highest BCUT2D eigenvalue weighted by Crippen LogP contribution is 2.63. The lowest BCUT2D eigenvalue weighted by Gasteiger charge is -2.35. The lowest BCUT2D eigenvalue weighted by Crippen LogP contribution is -2.45. The van der Waals surface area contributed by atoms with Crippen molar-refractivity contribution in [3.05, 3.63) is 23.6 Å². The molecule has 260 valence electrons. The van der Waals surface area contributed by atoms with Gasteiger partial charge in [-0.3, -0.25) is 0 Å². The fourth-order valence-electron chi connectivity index (χ4n) is 8.16. The van der Waals surface area contributed by atoms with Gasteiger partial charge < -0.3 is 38.7 Å². The third kappa shape index (κ3) is 4.40. The second-order valence-electron chi connectivity index (χ2n) is 13.8. The number of hydrogen-bond acceptors (Lipinski definition) is 16. The van der Waals surface area contributed by atoms with Crippen molar-refractivity contribution in [2.75, 3.05) is 26.2 Å². The van der Waals surface area contributed by atoms with Crippen LogP contribution in [0.2, 0.25) is 0 Å². The SMILES string of the molecule is O=C1NCC(c2nnc([C@@H]3CC4(CC4)[C@@H]4CN3C(=O)N4OS(=O)(=O)ON3C(=O)N4C[C@H]3C3(CC3)C[C@H]4c3nnc(C4CNC(=O)O4)o3)o2)O1. The Hall–Kier alpha value is -4.77. The molecule has 6 saturated heterocycles. The number of urea groups is 2. The van der Waals surface area contributed by atoms with Crippen LogP contribution in [-0.4, -0.2) is 111 Å². The zero-order valence-corrected chi connectivity index (χ0v) is 26.2. The number of carbonyl (C=O) groups is 4. The summed E-state index contributed by atoms with van der Waals surface area (Å²) in [4.78, 5) is 53.1. The molecular formula is C26H28N10O12S. The van der Waals surface area contributed by atoms with Crippen LogP contribution in [0.4, 0.5) is 19.2 Å². The number of nitrogens with zero attached hydrogens (tertiary/aromatic N) is 8. The Morgan fingerprint density at radius 2 is 1.06 bits per heavy atom. The summed E-state index contributed by atoms with van der Waals surface area (Å²) in [6.45, 7) is 0.605. The van der Waals surface area contributed by atoms with E-state index in [2.05, 4.69) is 31.0 Å². The van der Waals surface area contributed by atoms with E-state index in [1.54, 1.807) is 0 Å². The minimum absolute atomic E-state index is 0.0825. The zero-order chi connectivity index (χ0) is 33.4. The Morgan fingerprint density at radius 1 is 0.653 bits per heavy atom. The molecule has 2 aromatic heterocycles. The number of amides is 6. The van der Waals surface area contributed by atoms with E-state index in [0.29, 0.717) is 38.5 Å². The zero-order valence-electron chi connectivity index (χ0n) is 25.4. The van der Waals surface area contributed by atoms with Gasteiger partial charge in [0, 0.05) is 13.1 Å². The first-order chi connectivity index (χ1) is 23.5. The number of cyclic esters (lactones) is 2. The van der Waals surface area contributed by atoms with Crippen molar-refractivity contribution in [1.82, 2.24) is 51.0 Å². The molecule has 49 heavy (non-hydrogen) atoms. The highest BCUT2D eigenvalue weighted by atomic mass is 32.3. The number of hydrogen-bond donors (Lipinski definition) is 2. The predicted octanol–water partition coefficient (Wildman–Crippen LogP) is 0.485. The number of aromatic nitrogens is 4. The van der Waals surface area contributed by atoms with Crippen LogP contribution in [0.15, 0.2) is 8.83 Å². The number of hydroxylamine groups is 4. The van der Waals surface area contributed by atoms with E-state index < -0.39 is 81.9 Å². The third-order valence-corrected chi connectivity index (χ3v) is 11.7. The molecule has 23 heteroatoms.